The number of carbonyl (C=O) groups excluding carboxylic acids is 1. The van der Waals surface area contributed by atoms with Crippen LogP contribution in [0.4, 0.5) is 0 Å². The van der Waals surface area contributed by atoms with E-state index in [1.165, 1.54) is 63.9 Å². The number of carbonyl (C=O) groups is 1. The summed E-state index contributed by atoms with van der Waals surface area (Å²) >= 11 is 0. The number of unbranched alkanes of at least 4 members (excludes halogenated alkanes) is 9. The molecule has 0 spiro atoms. The van der Waals surface area contributed by atoms with Crippen LogP contribution >= 0.6 is 0 Å². The number of aldehydes is 1. The fraction of sp³-hybridized carbons (Fsp3) is 0.667. The van der Waals surface area contributed by atoms with Gasteiger partial charge in [-0.2, -0.15) is 0 Å². The van der Waals surface area contributed by atoms with Gasteiger partial charge < -0.3 is 14.6 Å². The summed E-state index contributed by atoms with van der Waals surface area (Å²) < 4.78 is 11.0. The minimum atomic E-state index is -0.0567. The van der Waals surface area contributed by atoms with Crippen molar-refractivity contribution in [1.82, 2.24) is 0 Å². The number of ether oxygens (including phenoxy) is 2. The Morgan fingerprint density at radius 3 is 2.12 bits per heavy atom. The lowest BCUT2D eigenvalue weighted by molar-refractivity contribution is 0.0969. The first kappa shape index (κ1) is 21.5. The number of benzene rings is 1. The van der Waals surface area contributed by atoms with Crippen LogP contribution < -0.4 is 4.74 Å². The van der Waals surface area contributed by atoms with E-state index >= 15 is 0 Å². The average Bonchev–Trinajstić information content (AvgIpc) is 2.62. The zero-order chi connectivity index (χ0) is 18.2. The number of phenolic OH excluding ortho intramolecular Hbond substituents is 1. The van der Waals surface area contributed by atoms with Gasteiger partial charge in [-0.25, -0.2) is 0 Å². The first-order valence-corrected chi connectivity index (χ1v) is 9.76. The molecule has 0 aliphatic heterocycles. The second kappa shape index (κ2) is 14.8. The molecule has 0 saturated heterocycles. The molecule has 25 heavy (non-hydrogen) atoms. The molecule has 1 rings (SSSR count). The lowest BCUT2D eigenvalue weighted by atomic mass is 10.1. The Morgan fingerprint density at radius 2 is 1.52 bits per heavy atom. The highest BCUT2D eigenvalue weighted by Gasteiger charge is 2.02. The summed E-state index contributed by atoms with van der Waals surface area (Å²) in [6.07, 6.45) is 13.8. The van der Waals surface area contributed by atoms with E-state index in [1.807, 2.05) is 0 Å². The fourth-order valence-electron chi connectivity index (χ4n) is 2.72. The average molecular weight is 350 g/mol. The van der Waals surface area contributed by atoms with Crippen molar-refractivity contribution in [2.45, 2.75) is 71.1 Å². The molecule has 4 heteroatoms. The summed E-state index contributed by atoms with van der Waals surface area (Å²) in [5, 5.41) is 9.56. The number of rotatable bonds is 16. The molecule has 0 saturated carbocycles. The van der Waals surface area contributed by atoms with Gasteiger partial charge in [0, 0.05) is 12.7 Å². The molecule has 1 aromatic rings. The first-order valence-electron chi connectivity index (χ1n) is 9.76. The molecule has 4 nitrogen and oxygen atoms in total. The van der Waals surface area contributed by atoms with Crippen molar-refractivity contribution in [1.29, 1.82) is 0 Å². The molecule has 0 atom stereocenters. The van der Waals surface area contributed by atoms with Gasteiger partial charge in [0.15, 0.2) is 6.29 Å². The van der Waals surface area contributed by atoms with Crippen molar-refractivity contribution in [3.8, 4) is 11.5 Å². The summed E-state index contributed by atoms with van der Waals surface area (Å²) in [6, 6.07) is 4.67. The van der Waals surface area contributed by atoms with Gasteiger partial charge in [-0.15, -0.1) is 0 Å². The second-order valence-corrected chi connectivity index (χ2v) is 6.48. The topological polar surface area (TPSA) is 55.8 Å². The quantitative estimate of drug-likeness (QED) is 0.315. The Kier molecular flexibility index (Phi) is 12.7. The molecule has 142 valence electrons. The van der Waals surface area contributed by atoms with Crippen molar-refractivity contribution in [2.24, 2.45) is 0 Å². The lowest BCUT2D eigenvalue weighted by Gasteiger charge is -2.08. The number of hydrogen-bond acceptors (Lipinski definition) is 4. The zero-order valence-corrected chi connectivity index (χ0v) is 15.7. The Bertz CT molecular complexity index is 459. The molecule has 0 radical (unpaired) electrons. The van der Waals surface area contributed by atoms with E-state index in [4.69, 9.17) is 9.47 Å². The van der Waals surface area contributed by atoms with Crippen LogP contribution in [0.5, 0.6) is 11.5 Å². The van der Waals surface area contributed by atoms with E-state index < -0.39 is 0 Å². The van der Waals surface area contributed by atoms with Gasteiger partial charge in [0.2, 0.25) is 0 Å². The molecule has 0 bridgehead atoms. The summed E-state index contributed by atoms with van der Waals surface area (Å²) in [7, 11) is 0. The lowest BCUT2D eigenvalue weighted by Crippen LogP contribution is -2.07. The van der Waals surface area contributed by atoms with Crippen LogP contribution in [0.1, 0.15) is 81.5 Å². The molecule has 0 heterocycles. The van der Waals surface area contributed by atoms with Crippen molar-refractivity contribution in [3.63, 3.8) is 0 Å². The normalized spacial score (nSPS) is 10.8. The van der Waals surface area contributed by atoms with Crippen LogP contribution in [0.2, 0.25) is 0 Å². The summed E-state index contributed by atoms with van der Waals surface area (Å²) in [5.74, 6) is 0.490. The maximum absolute atomic E-state index is 10.6. The molecule has 0 amide bonds. The molecule has 1 N–H and O–H groups in total. The smallest absolute Gasteiger partial charge is 0.153 e. The molecule has 0 aliphatic rings. The van der Waals surface area contributed by atoms with Crippen molar-refractivity contribution >= 4 is 6.29 Å². The predicted molar refractivity (Wildman–Crippen MR) is 102 cm³/mol. The summed E-state index contributed by atoms with van der Waals surface area (Å²) in [4.78, 5) is 10.6. The molecule has 0 fully saturated rings. The number of hydrogen-bond donors (Lipinski definition) is 1. The third-order valence-electron chi connectivity index (χ3n) is 4.27. The SMILES string of the molecule is CCCCCCCCCCCCOCCOc1ccc(C=O)c(O)c1. The Balaban J connectivity index is 1.87. The number of aromatic hydroxyl groups is 1. The van der Waals surface area contributed by atoms with Crippen molar-refractivity contribution in [3.05, 3.63) is 23.8 Å². The standard InChI is InChI=1S/C21H34O4/c1-2-3-4-5-6-7-8-9-10-11-14-24-15-16-25-20-13-12-19(18-22)21(23)17-20/h12-13,17-18,23H,2-11,14-16H2,1H3. The monoisotopic (exact) mass is 350 g/mol. The molecular weight excluding hydrogens is 316 g/mol. The summed E-state index contributed by atoms with van der Waals surface area (Å²) in [5.41, 5.74) is 0.268. The highest BCUT2D eigenvalue weighted by atomic mass is 16.5. The van der Waals surface area contributed by atoms with E-state index in [2.05, 4.69) is 6.92 Å². The second-order valence-electron chi connectivity index (χ2n) is 6.48. The Morgan fingerprint density at radius 1 is 0.880 bits per heavy atom. The van der Waals surface area contributed by atoms with Crippen LogP contribution in [0.3, 0.4) is 0 Å². The van der Waals surface area contributed by atoms with E-state index in [0.717, 1.165) is 13.0 Å². The highest BCUT2D eigenvalue weighted by molar-refractivity contribution is 5.79. The van der Waals surface area contributed by atoms with E-state index in [1.54, 1.807) is 12.1 Å². The largest absolute Gasteiger partial charge is 0.507 e. The molecule has 1 aromatic carbocycles. The van der Waals surface area contributed by atoms with E-state index in [9.17, 15) is 9.90 Å². The molecule has 0 unspecified atom stereocenters. The van der Waals surface area contributed by atoms with Crippen LogP contribution in [0, 0.1) is 0 Å². The van der Waals surface area contributed by atoms with Crippen LogP contribution in [0.25, 0.3) is 0 Å². The minimum Gasteiger partial charge on any atom is -0.507 e. The van der Waals surface area contributed by atoms with E-state index in [0.29, 0.717) is 25.2 Å². The van der Waals surface area contributed by atoms with Gasteiger partial charge >= 0.3 is 0 Å². The Hall–Kier alpha value is -1.55. The van der Waals surface area contributed by atoms with Gasteiger partial charge in [0.1, 0.15) is 18.1 Å². The predicted octanol–water partition coefficient (Wildman–Crippen LogP) is 5.52. The van der Waals surface area contributed by atoms with Crippen LogP contribution in [-0.2, 0) is 4.74 Å². The van der Waals surface area contributed by atoms with Gasteiger partial charge in [0.05, 0.1) is 12.2 Å². The molecule has 0 aromatic heterocycles. The minimum absolute atomic E-state index is 0.0567. The maximum atomic E-state index is 10.6. The molecular formula is C21H34O4. The van der Waals surface area contributed by atoms with Gasteiger partial charge in [-0.3, -0.25) is 4.79 Å². The highest BCUT2D eigenvalue weighted by Crippen LogP contribution is 2.22. The fourth-order valence-corrected chi connectivity index (χ4v) is 2.72. The van der Waals surface area contributed by atoms with Crippen LogP contribution in [0.15, 0.2) is 18.2 Å². The van der Waals surface area contributed by atoms with Gasteiger partial charge in [0.25, 0.3) is 0 Å². The Labute approximate surface area is 152 Å². The zero-order valence-electron chi connectivity index (χ0n) is 15.7. The third kappa shape index (κ3) is 10.8. The van der Waals surface area contributed by atoms with Crippen molar-refractivity contribution in [2.75, 3.05) is 19.8 Å². The van der Waals surface area contributed by atoms with Gasteiger partial charge in [-0.05, 0) is 18.6 Å². The van der Waals surface area contributed by atoms with Gasteiger partial charge in [-0.1, -0.05) is 64.7 Å². The summed E-state index contributed by atoms with van der Waals surface area (Å²) in [6.45, 7) is 4.01. The van der Waals surface area contributed by atoms with E-state index in [-0.39, 0.29) is 11.3 Å². The van der Waals surface area contributed by atoms with Crippen molar-refractivity contribution < 1.29 is 19.4 Å². The van der Waals surface area contributed by atoms with Crippen LogP contribution in [-0.4, -0.2) is 31.2 Å². The molecule has 0 aliphatic carbocycles. The number of phenols is 1. The third-order valence-corrected chi connectivity index (χ3v) is 4.27. The first-order chi connectivity index (χ1) is 12.3. The maximum Gasteiger partial charge on any atom is 0.153 e.